The van der Waals surface area contributed by atoms with E-state index in [1.807, 2.05) is 0 Å². The van der Waals surface area contributed by atoms with Gasteiger partial charge in [-0.25, -0.2) is 13.9 Å². The monoisotopic (exact) mass is 771 g/mol. The topological polar surface area (TPSA) is 264 Å². The van der Waals surface area contributed by atoms with Gasteiger partial charge in [0.1, 0.15) is 20.2 Å². The van der Waals surface area contributed by atoms with Crippen molar-refractivity contribution in [3.05, 3.63) is 64.6 Å². The van der Waals surface area contributed by atoms with Crippen LogP contribution in [-0.4, -0.2) is 70.8 Å². The molecule has 243 valence electrons. The van der Waals surface area contributed by atoms with Crippen molar-refractivity contribution >= 4 is 98.4 Å². The minimum atomic E-state index is -5.92. The third-order valence-corrected chi connectivity index (χ3v) is 10.8. The molecule has 0 aromatic carbocycles. The van der Waals surface area contributed by atoms with Crippen molar-refractivity contribution in [1.29, 1.82) is 0 Å². The summed E-state index contributed by atoms with van der Waals surface area (Å²) in [5.74, 6) is 0. The van der Waals surface area contributed by atoms with Gasteiger partial charge >= 0.3 is 10.3 Å². The second-order valence-corrected chi connectivity index (χ2v) is 15.7. The summed E-state index contributed by atoms with van der Waals surface area (Å²) in [6, 6.07) is 7.05. The van der Waals surface area contributed by atoms with E-state index in [4.69, 9.17) is 0 Å². The third kappa shape index (κ3) is 6.12. The summed E-state index contributed by atoms with van der Waals surface area (Å²) in [7, 11) is -22.8. The summed E-state index contributed by atoms with van der Waals surface area (Å²) < 4.78 is 145. The van der Waals surface area contributed by atoms with Crippen molar-refractivity contribution in [3.8, 4) is 10.4 Å². The van der Waals surface area contributed by atoms with E-state index in [1.165, 1.54) is 47.9 Å². The van der Waals surface area contributed by atoms with E-state index in [0.717, 1.165) is 17.4 Å². The Kier molecular flexibility index (Phi) is 8.31. The van der Waals surface area contributed by atoms with E-state index in [0.29, 0.717) is 11.8 Å². The van der Waals surface area contributed by atoms with E-state index in [2.05, 4.69) is 15.0 Å². The van der Waals surface area contributed by atoms with Crippen molar-refractivity contribution in [2.75, 3.05) is 0 Å². The van der Waals surface area contributed by atoms with Gasteiger partial charge in [0, 0.05) is 32.7 Å². The number of thiophene rings is 1. The normalized spacial score (nSPS) is 13.6. The fourth-order valence-corrected chi connectivity index (χ4v) is 9.22. The molecular formula is C24H16CoN4O12S5. The molecule has 0 fully saturated rings. The van der Waals surface area contributed by atoms with Gasteiger partial charge in [-0.05, 0) is 60.0 Å². The van der Waals surface area contributed by atoms with Crippen molar-refractivity contribution in [3.63, 3.8) is 0 Å². The quantitative estimate of drug-likeness (QED) is 0.158. The molecule has 0 aliphatic carbocycles. The molecule has 2 aliphatic heterocycles. The maximum Gasteiger partial charge on any atom is 0.364 e. The average molecular weight is 772 g/mol. The first-order chi connectivity index (χ1) is 20.8. The molecule has 0 saturated carbocycles. The van der Waals surface area contributed by atoms with Crippen LogP contribution in [0.25, 0.3) is 56.8 Å². The molecule has 0 unspecified atom stereocenters. The van der Waals surface area contributed by atoms with E-state index in [-0.39, 0.29) is 48.2 Å². The third-order valence-electron chi connectivity index (χ3n) is 6.41. The van der Waals surface area contributed by atoms with Gasteiger partial charge in [-0.15, -0.1) is 11.3 Å². The number of H-pyrrole nitrogens is 1. The van der Waals surface area contributed by atoms with Crippen LogP contribution in [0.3, 0.4) is 0 Å². The second-order valence-electron chi connectivity index (χ2n) is 9.40. The van der Waals surface area contributed by atoms with E-state index in [9.17, 15) is 51.9 Å². The Bertz CT molecular complexity index is 2640. The molecule has 5 N–H and O–H groups in total. The molecule has 0 amide bonds. The molecule has 0 saturated heterocycles. The zero-order chi connectivity index (χ0) is 32.7. The Balaban J connectivity index is 0.00000417. The maximum atomic E-state index is 13.1. The summed E-state index contributed by atoms with van der Waals surface area (Å²) in [5, 5.41) is 1.43. The number of fused-ring (bicyclic) bond motifs is 8. The van der Waals surface area contributed by atoms with E-state index >= 15 is 0 Å². The van der Waals surface area contributed by atoms with Gasteiger partial charge in [-0.1, -0.05) is 6.07 Å². The first-order valence-electron chi connectivity index (χ1n) is 12.0. The van der Waals surface area contributed by atoms with E-state index < -0.39 is 77.5 Å². The zero-order valence-electron chi connectivity index (χ0n) is 22.1. The van der Waals surface area contributed by atoms with Gasteiger partial charge < -0.3 is 4.98 Å². The molecule has 1 radical (unpaired) electrons. The first-order valence-corrected chi connectivity index (χ1v) is 18.6. The minimum Gasteiger partial charge on any atom is -0.353 e. The van der Waals surface area contributed by atoms with Gasteiger partial charge in [0.25, 0.3) is 30.4 Å². The summed E-state index contributed by atoms with van der Waals surface area (Å²) in [6.45, 7) is 0. The first kappa shape index (κ1) is 33.8. The van der Waals surface area contributed by atoms with Gasteiger partial charge in [-0.3, -0.25) is 18.2 Å². The van der Waals surface area contributed by atoms with Crippen LogP contribution in [0.4, 0.5) is 0 Å². The fourth-order valence-electron chi connectivity index (χ4n) is 4.86. The molecule has 46 heavy (non-hydrogen) atoms. The van der Waals surface area contributed by atoms with Crippen molar-refractivity contribution < 1.29 is 68.7 Å². The Morgan fingerprint density at radius 1 is 0.696 bits per heavy atom. The Morgan fingerprint density at radius 3 is 1.72 bits per heavy atom. The Morgan fingerprint density at radius 2 is 1.24 bits per heavy atom. The number of hydrogen-bond acceptors (Lipinski definition) is 11. The number of rotatable bonds is 5. The number of nitrogens with zero attached hydrogens (tertiary/aromatic N) is 3. The van der Waals surface area contributed by atoms with Gasteiger partial charge in [0.15, 0.2) is 0 Å². The predicted molar refractivity (Wildman–Crippen MR) is 162 cm³/mol. The molecule has 0 spiro atoms. The van der Waals surface area contributed by atoms with Crippen LogP contribution >= 0.6 is 11.3 Å². The Hall–Kier alpha value is -3.55. The summed E-state index contributed by atoms with van der Waals surface area (Å²) in [5.41, 5.74) is -3.72. The van der Waals surface area contributed by atoms with Crippen LogP contribution in [-0.2, 0) is 57.4 Å². The largest absolute Gasteiger partial charge is 0.364 e. The number of hydrogen-bond donors (Lipinski definition) is 5. The SMILES string of the molecule is O=S(=O)(O)c1cc2cc3nc(cc4nc(cc5c(-c6cccs6)c(S(=O)(=O)O)c(c(S(=O)(=O)O)c1[nH]2)n5S(=O)(=O)O)C=C4)C=C3.[Co]. The van der Waals surface area contributed by atoms with Crippen LogP contribution < -0.4 is 0 Å². The van der Waals surface area contributed by atoms with Gasteiger partial charge in [-0.2, -0.15) is 33.7 Å². The molecule has 4 aromatic rings. The van der Waals surface area contributed by atoms with Gasteiger partial charge in [0.05, 0.1) is 33.8 Å². The number of nitrogens with one attached hydrogen (secondary N) is 1. The average Bonchev–Trinajstić information content (AvgIpc) is 3.68. The smallest absolute Gasteiger partial charge is 0.353 e. The second kappa shape index (κ2) is 11.3. The molecule has 6 rings (SSSR count). The summed E-state index contributed by atoms with van der Waals surface area (Å²) in [4.78, 5) is 6.43. The standard InChI is InChI=1S/C24H16N4O12S5.Co/c29-42(30,31)19-11-16-9-14-4-3-12(25-14)8-13-5-6-15(26-13)10-17-20(18-2-1-7-41-18)23(43(32,33)34)22(28(17)45(38,39)40)24(21(19)27-16)44(35,36)37;/h1-11,27H,(H,29,30,31)(H,32,33,34)(H,35,36,37)(H,38,39,40);. The van der Waals surface area contributed by atoms with Crippen LogP contribution in [0.1, 0.15) is 22.8 Å². The van der Waals surface area contributed by atoms with Gasteiger partial charge in [0.2, 0.25) is 0 Å². The molecular weight excluding hydrogens is 756 g/mol. The van der Waals surface area contributed by atoms with Crippen LogP contribution in [0, 0.1) is 0 Å². The molecule has 8 bridgehead atoms. The van der Waals surface area contributed by atoms with Crippen LogP contribution in [0.15, 0.2) is 56.5 Å². The maximum absolute atomic E-state index is 13.1. The van der Waals surface area contributed by atoms with Crippen LogP contribution in [0.5, 0.6) is 0 Å². The minimum absolute atomic E-state index is 0. The van der Waals surface area contributed by atoms with E-state index in [1.54, 1.807) is 6.08 Å². The zero-order valence-corrected chi connectivity index (χ0v) is 27.2. The summed E-state index contributed by atoms with van der Waals surface area (Å²) >= 11 is 0.816. The number of aromatic amines is 1. The van der Waals surface area contributed by atoms with Crippen LogP contribution in [0.2, 0.25) is 0 Å². The summed E-state index contributed by atoms with van der Waals surface area (Å²) in [6.07, 6.45) is 5.91. The Labute approximate surface area is 274 Å². The molecule has 22 heteroatoms. The molecule has 6 heterocycles. The predicted octanol–water partition coefficient (Wildman–Crippen LogP) is 3.25. The molecule has 16 nitrogen and oxygen atoms in total. The van der Waals surface area contributed by atoms with Crippen molar-refractivity contribution in [1.82, 2.24) is 18.9 Å². The van der Waals surface area contributed by atoms with Crippen molar-refractivity contribution in [2.45, 2.75) is 14.7 Å². The molecule has 4 aromatic heterocycles. The molecule has 0 atom stereocenters. The fraction of sp³-hybridized carbons (Fsp3) is 0. The molecule has 2 aliphatic rings. The number of aromatic nitrogens is 4. The van der Waals surface area contributed by atoms with Crippen molar-refractivity contribution in [2.24, 2.45) is 0 Å².